The summed E-state index contributed by atoms with van der Waals surface area (Å²) in [6, 6.07) is 11.8. The Labute approximate surface area is 139 Å². The molecule has 3 aromatic rings. The summed E-state index contributed by atoms with van der Waals surface area (Å²) in [6.45, 7) is 5.55. The van der Waals surface area contributed by atoms with E-state index < -0.39 is 0 Å². The molecule has 0 fully saturated rings. The van der Waals surface area contributed by atoms with Crippen molar-refractivity contribution in [1.82, 2.24) is 14.8 Å². The highest BCUT2D eigenvalue weighted by atomic mass is 32.2. The molecule has 0 unspecified atom stereocenters. The van der Waals surface area contributed by atoms with Crippen LogP contribution in [0.1, 0.15) is 12.5 Å². The number of thioether (sulfide) groups is 1. The maximum Gasteiger partial charge on any atom is 0.200 e. The van der Waals surface area contributed by atoms with Crippen molar-refractivity contribution in [3.8, 4) is 17.3 Å². The van der Waals surface area contributed by atoms with E-state index in [1.807, 2.05) is 30.3 Å². The highest BCUT2D eigenvalue weighted by Crippen LogP contribution is 2.24. The Hall–Kier alpha value is -2.21. The van der Waals surface area contributed by atoms with Crippen molar-refractivity contribution in [2.24, 2.45) is 0 Å². The fourth-order valence-corrected chi connectivity index (χ4v) is 3.09. The van der Waals surface area contributed by atoms with Crippen molar-refractivity contribution in [2.45, 2.75) is 25.5 Å². The van der Waals surface area contributed by atoms with Gasteiger partial charge in [0.25, 0.3) is 0 Å². The van der Waals surface area contributed by atoms with Gasteiger partial charge in [-0.25, -0.2) is 0 Å². The SMILES string of the molecule is CCn1c(SCCOc2cccc(C)c2)nnc1-c1ccco1. The Balaban J connectivity index is 1.58. The summed E-state index contributed by atoms with van der Waals surface area (Å²) < 4.78 is 13.2. The number of rotatable bonds is 7. The van der Waals surface area contributed by atoms with Crippen LogP contribution in [0.5, 0.6) is 5.75 Å². The molecular formula is C17H19N3O2S. The number of aromatic nitrogens is 3. The normalized spacial score (nSPS) is 10.9. The highest BCUT2D eigenvalue weighted by Gasteiger charge is 2.14. The molecule has 0 N–H and O–H groups in total. The molecule has 0 aliphatic carbocycles. The first-order chi connectivity index (χ1) is 11.3. The van der Waals surface area contributed by atoms with Crippen molar-refractivity contribution < 1.29 is 9.15 Å². The minimum Gasteiger partial charge on any atom is -0.493 e. The van der Waals surface area contributed by atoms with E-state index in [1.165, 1.54) is 5.56 Å². The zero-order chi connectivity index (χ0) is 16.1. The van der Waals surface area contributed by atoms with Gasteiger partial charge in [-0.1, -0.05) is 23.9 Å². The van der Waals surface area contributed by atoms with Crippen molar-refractivity contribution >= 4 is 11.8 Å². The zero-order valence-corrected chi connectivity index (χ0v) is 14.0. The third kappa shape index (κ3) is 3.76. The molecule has 6 heteroatoms. The maximum atomic E-state index is 5.76. The summed E-state index contributed by atoms with van der Waals surface area (Å²) in [5.74, 6) is 3.21. The van der Waals surface area contributed by atoms with Gasteiger partial charge in [0.15, 0.2) is 16.7 Å². The lowest BCUT2D eigenvalue weighted by Crippen LogP contribution is -2.03. The molecule has 1 aromatic carbocycles. The third-order valence-electron chi connectivity index (χ3n) is 3.35. The van der Waals surface area contributed by atoms with Gasteiger partial charge >= 0.3 is 0 Å². The molecule has 0 aliphatic heterocycles. The van der Waals surface area contributed by atoms with Crippen molar-refractivity contribution in [1.29, 1.82) is 0 Å². The Bertz CT molecular complexity index is 753. The highest BCUT2D eigenvalue weighted by molar-refractivity contribution is 7.99. The number of furan rings is 1. The summed E-state index contributed by atoms with van der Waals surface area (Å²) in [6.07, 6.45) is 1.65. The topological polar surface area (TPSA) is 53.1 Å². The van der Waals surface area contributed by atoms with Crippen molar-refractivity contribution in [2.75, 3.05) is 12.4 Å². The smallest absolute Gasteiger partial charge is 0.200 e. The van der Waals surface area contributed by atoms with Gasteiger partial charge in [-0.3, -0.25) is 4.57 Å². The number of nitrogens with zero attached hydrogens (tertiary/aromatic N) is 3. The molecule has 3 rings (SSSR count). The second-order valence-electron chi connectivity index (χ2n) is 5.04. The molecule has 2 aromatic heterocycles. The quantitative estimate of drug-likeness (QED) is 0.484. The number of aryl methyl sites for hydroxylation is 1. The van der Waals surface area contributed by atoms with E-state index >= 15 is 0 Å². The Morgan fingerprint density at radius 2 is 2.13 bits per heavy atom. The van der Waals surface area contributed by atoms with E-state index in [-0.39, 0.29) is 0 Å². The fourth-order valence-electron chi connectivity index (χ4n) is 2.27. The maximum absolute atomic E-state index is 5.76. The molecule has 0 spiro atoms. The van der Waals surface area contributed by atoms with Crippen LogP contribution in [0.2, 0.25) is 0 Å². The molecule has 0 bridgehead atoms. The molecule has 0 saturated carbocycles. The van der Waals surface area contributed by atoms with Crippen LogP contribution in [0.3, 0.4) is 0 Å². The van der Waals surface area contributed by atoms with E-state index in [2.05, 4.69) is 34.7 Å². The standard InChI is InChI=1S/C17H19N3O2S/c1-3-20-16(15-8-5-9-22-15)18-19-17(20)23-11-10-21-14-7-4-6-13(2)12-14/h4-9,12H,3,10-11H2,1-2H3. The van der Waals surface area contributed by atoms with Crippen LogP contribution < -0.4 is 4.74 Å². The number of hydrogen-bond donors (Lipinski definition) is 0. The van der Waals surface area contributed by atoms with Crippen molar-refractivity contribution in [3.05, 3.63) is 48.2 Å². The molecule has 0 amide bonds. The molecular weight excluding hydrogens is 310 g/mol. The van der Waals surface area contributed by atoms with Crippen LogP contribution in [0.4, 0.5) is 0 Å². The summed E-state index contributed by atoms with van der Waals surface area (Å²) >= 11 is 1.64. The summed E-state index contributed by atoms with van der Waals surface area (Å²) in [5.41, 5.74) is 1.20. The van der Waals surface area contributed by atoms with Gasteiger partial charge < -0.3 is 9.15 Å². The van der Waals surface area contributed by atoms with Crippen LogP contribution >= 0.6 is 11.8 Å². The molecule has 23 heavy (non-hydrogen) atoms. The van der Waals surface area contributed by atoms with Crippen molar-refractivity contribution in [3.63, 3.8) is 0 Å². The minimum absolute atomic E-state index is 0.626. The molecule has 5 nitrogen and oxygen atoms in total. The second-order valence-corrected chi connectivity index (χ2v) is 6.10. The number of benzene rings is 1. The molecule has 0 atom stereocenters. The van der Waals surface area contributed by atoms with Gasteiger partial charge in [-0.05, 0) is 43.7 Å². The fraction of sp³-hybridized carbons (Fsp3) is 0.294. The first-order valence-electron chi connectivity index (χ1n) is 7.57. The Morgan fingerprint density at radius 3 is 2.87 bits per heavy atom. The summed E-state index contributed by atoms with van der Waals surface area (Å²) in [4.78, 5) is 0. The van der Waals surface area contributed by atoms with E-state index in [0.717, 1.165) is 34.8 Å². The molecule has 2 heterocycles. The van der Waals surface area contributed by atoms with E-state index in [0.29, 0.717) is 6.61 Å². The van der Waals surface area contributed by atoms with Gasteiger partial charge in [0.05, 0.1) is 12.9 Å². The largest absolute Gasteiger partial charge is 0.493 e. The van der Waals surface area contributed by atoms with E-state index in [4.69, 9.17) is 9.15 Å². The summed E-state index contributed by atoms with van der Waals surface area (Å²) in [5, 5.41) is 9.38. The monoisotopic (exact) mass is 329 g/mol. The average molecular weight is 329 g/mol. The minimum atomic E-state index is 0.626. The first-order valence-corrected chi connectivity index (χ1v) is 8.56. The molecule has 0 radical (unpaired) electrons. The van der Waals surface area contributed by atoms with Gasteiger partial charge in [0.1, 0.15) is 5.75 Å². The van der Waals surface area contributed by atoms with Gasteiger partial charge in [-0.15, -0.1) is 10.2 Å². The molecule has 0 saturated heterocycles. The first kappa shape index (κ1) is 15.7. The lowest BCUT2D eigenvalue weighted by Gasteiger charge is -2.07. The van der Waals surface area contributed by atoms with Gasteiger partial charge in [0.2, 0.25) is 0 Å². The van der Waals surface area contributed by atoms with Gasteiger partial charge in [0, 0.05) is 12.3 Å². The molecule has 120 valence electrons. The van der Waals surface area contributed by atoms with Gasteiger partial charge in [-0.2, -0.15) is 0 Å². The van der Waals surface area contributed by atoms with E-state index in [1.54, 1.807) is 18.0 Å². The Kier molecular flexibility index (Phi) is 5.02. The number of hydrogen-bond acceptors (Lipinski definition) is 5. The third-order valence-corrected chi connectivity index (χ3v) is 4.28. The summed E-state index contributed by atoms with van der Waals surface area (Å²) in [7, 11) is 0. The van der Waals surface area contributed by atoms with Crippen LogP contribution in [-0.4, -0.2) is 27.1 Å². The van der Waals surface area contributed by atoms with Crippen LogP contribution in [0.15, 0.2) is 52.2 Å². The predicted octanol–water partition coefficient (Wildman–Crippen LogP) is 4.04. The van der Waals surface area contributed by atoms with E-state index in [9.17, 15) is 0 Å². The number of ether oxygens (including phenoxy) is 1. The van der Waals surface area contributed by atoms with Crippen LogP contribution in [0, 0.1) is 6.92 Å². The Morgan fingerprint density at radius 1 is 1.22 bits per heavy atom. The lowest BCUT2D eigenvalue weighted by atomic mass is 10.2. The average Bonchev–Trinajstić information content (AvgIpc) is 3.20. The van der Waals surface area contributed by atoms with Crippen LogP contribution in [-0.2, 0) is 6.54 Å². The lowest BCUT2D eigenvalue weighted by molar-refractivity contribution is 0.343. The molecule has 0 aliphatic rings. The second kappa shape index (κ2) is 7.37. The predicted molar refractivity (Wildman–Crippen MR) is 90.8 cm³/mol. The zero-order valence-electron chi connectivity index (χ0n) is 13.2. The van der Waals surface area contributed by atoms with Crippen LogP contribution in [0.25, 0.3) is 11.6 Å².